The van der Waals surface area contributed by atoms with E-state index < -0.39 is 0 Å². The van der Waals surface area contributed by atoms with Crippen molar-refractivity contribution in [3.63, 3.8) is 0 Å². The Balaban J connectivity index is 2.00. The minimum atomic E-state index is 0.152. The first-order chi connectivity index (χ1) is 10.3. The van der Waals surface area contributed by atoms with E-state index in [2.05, 4.69) is 35.4 Å². The SMILES string of the molecule is CCCNC(c1cnc2ccccc2c1)c1ccc(Cl)s1. The Morgan fingerprint density at radius 3 is 2.86 bits per heavy atom. The number of thiophene rings is 1. The maximum atomic E-state index is 6.10. The third-order valence-electron chi connectivity index (χ3n) is 3.42. The van der Waals surface area contributed by atoms with Gasteiger partial charge in [0.25, 0.3) is 0 Å². The maximum Gasteiger partial charge on any atom is 0.0931 e. The van der Waals surface area contributed by atoms with Gasteiger partial charge in [-0.15, -0.1) is 11.3 Å². The van der Waals surface area contributed by atoms with Gasteiger partial charge in [0.15, 0.2) is 0 Å². The fourth-order valence-electron chi connectivity index (χ4n) is 2.40. The number of fused-ring (bicyclic) bond motifs is 1. The van der Waals surface area contributed by atoms with Gasteiger partial charge in [-0.05, 0) is 42.8 Å². The predicted octanol–water partition coefficient (Wildman–Crippen LogP) is 5.04. The van der Waals surface area contributed by atoms with E-state index in [0.717, 1.165) is 22.8 Å². The molecule has 1 atom stereocenters. The molecule has 21 heavy (non-hydrogen) atoms. The lowest BCUT2D eigenvalue weighted by atomic mass is 10.0. The summed E-state index contributed by atoms with van der Waals surface area (Å²) in [6.07, 6.45) is 3.06. The molecule has 0 saturated heterocycles. The highest BCUT2D eigenvalue weighted by Gasteiger charge is 2.16. The summed E-state index contributed by atoms with van der Waals surface area (Å²) in [7, 11) is 0. The van der Waals surface area contributed by atoms with E-state index in [1.54, 1.807) is 11.3 Å². The zero-order valence-electron chi connectivity index (χ0n) is 11.8. The van der Waals surface area contributed by atoms with Crippen LogP contribution in [0.25, 0.3) is 10.9 Å². The molecule has 0 fully saturated rings. The average molecular weight is 317 g/mol. The molecule has 2 heterocycles. The van der Waals surface area contributed by atoms with Crippen LogP contribution >= 0.6 is 22.9 Å². The molecule has 4 heteroatoms. The summed E-state index contributed by atoms with van der Waals surface area (Å²) in [6.45, 7) is 3.14. The highest BCUT2D eigenvalue weighted by molar-refractivity contribution is 7.16. The summed E-state index contributed by atoms with van der Waals surface area (Å²) < 4.78 is 0.821. The third-order valence-corrected chi connectivity index (χ3v) is 4.72. The van der Waals surface area contributed by atoms with Gasteiger partial charge < -0.3 is 5.32 Å². The Kier molecular flexibility index (Phi) is 4.54. The number of pyridine rings is 1. The molecule has 0 radical (unpaired) electrons. The van der Waals surface area contributed by atoms with Gasteiger partial charge in [-0.25, -0.2) is 0 Å². The minimum absolute atomic E-state index is 0.152. The van der Waals surface area contributed by atoms with E-state index in [4.69, 9.17) is 11.6 Å². The van der Waals surface area contributed by atoms with Crippen molar-refractivity contribution in [2.75, 3.05) is 6.54 Å². The normalized spacial score (nSPS) is 12.7. The van der Waals surface area contributed by atoms with E-state index in [9.17, 15) is 0 Å². The highest BCUT2D eigenvalue weighted by atomic mass is 35.5. The molecule has 3 aromatic rings. The number of nitrogens with one attached hydrogen (secondary N) is 1. The van der Waals surface area contributed by atoms with E-state index in [-0.39, 0.29) is 6.04 Å². The number of aromatic nitrogens is 1. The number of benzene rings is 1. The number of rotatable bonds is 5. The Morgan fingerprint density at radius 2 is 2.10 bits per heavy atom. The molecule has 0 aliphatic rings. The first kappa shape index (κ1) is 14.5. The van der Waals surface area contributed by atoms with Gasteiger partial charge in [0.2, 0.25) is 0 Å². The van der Waals surface area contributed by atoms with Crippen molar-refractivity contribution < 1.29 is 0 Å². The molecule has 0 aliphatic heterocycles. The fraction of sp³-hybridized carbons (Fsp3) is 0.235. The van der Waals surface area contributed by atoms with Crippen molar-refractivity contribution in [2.45, 2.75) is 19.4 Å². The second-order valence-corrected chi connectivity index (χ2v) is 6.74. The number of hydrogen-bond acceptors (Lipinski definition) is 3. The van der Waals surface area contributed by atoms with Crippen LogP contribution in [0, 0.1) is 0 Å². The van der Waals surface area contributed by atoms with E-state index >= 15 is 0 Å². The van der Waals surface area contributed by atoms with Gasteiger partial charge in [0.1, 0.15) is 0 Å². The van der Waals surface area contributed by atoms with Gasteiger partial charge in [-0.1, -0.05) is 36.7 Å². The van der Waals surface area contributed by atoms with Crippen molar-refractivity contribution in [1.29, 1.82) is 0 Å². The number of nitrogens with zero attached hydrogens (tertiary/aromatic N) is 1. The van der Waals surface area contributed by atoms with Crippen LogP contribution < -0.4 is 5.32 Å². The van der Waals surface area contributed by atoms with Crippen molar-refractivity contribution >= 4 is 33.8 Å². The summed E-state index contributed by atoms with van der Waals surface area (Å²) in [4.78, 5) is 5.80. The molecule has 0 saturated carbocycles. The monoisotopic (exact) mass is 316 g/mol. The molecule has 1 unspecified atom stereocenters. The molecule has 3 rings (SSSR count). The first-order valence-electron chi connectivity index (χ1n) is 7.11. The quantitative estimate of drug-likeness (QED) is 0.713. The molecule has 0 amide bonds. The molecular weight excluding hydrogens is 300 g/mol. The van der Waals surface area contributed by atoms with Crippen LogP contribution in [0.4, 0.5) is 0 Å². The van der Waals surface area contributed by atoms with Crippen LogP contribution in [-0.2, 0) is 0 Å². The summed E-state index contributed by atoms with van der Waals surface area (Å²) in [6, 6.07) is 14.6. The predicted molar refractivity (Wildman–Crippen MR) is 91.2 cm³/mol. The first-order valence-corrected chi connectivity index (χ1v) is 8.30. The molecule has 2 nitrogen and oxygen atoms in total. The molecule has 0 spiro atoms. The number of hydrogen-bond donors (Lipinski definition) is 1. The number of halogens is 1. The van der Waals surface area contributed by atoms with Gasteiger partial charge in [0, 0.05) is 16.5 Å². The molecular formula is C17H17ClN2S. The Morgan fingerprint density at radius 1 is 1.24 bits per heavy atom. The average Bonchev–Trinajstić information content (AvgIpc) is 2.94. The zero-order chi connectivity index (χ0) is 14.7. The van der Waals surface area contributed by atoms with Gasteiger partial charge in [0.05, 0.1) is 15.9 Å². The second-order valence-electron chi connectivity index (χ2n) is 4.99. The maximum absolute atomic E-state index is 6.10. The topological polar surface area (TPSA) is 24.9 Å². The van der Waals surface area contributed by atoms with Crippen LogP contribution in [0.3, 0.4) is 0 Å². The van der Waals surface area contributed by atoms with Gasteiger partial charge >= 0.3 is 0 Å². The summed E-state index contributed by atoms with van der Waals surface area (Å²) in [5.41, 5.74) is 2.21. The molecule has 0 bridgehead atoms. The van der Waals surface area contributed by atoms with Gasteiger partial charge in [-0.3, -0.25) is 4.98 Å². The van der Waals surface area contributed by atoms with E-state index in [1.165, 1.54) is 15.8 Å². The van der Waals surface area contributed by atoms with E-state index in [0.29, 0.717) is 0 Å². The van der Waals surface area contributed by atoms with Crippen LogP contribution in [0.15, 0.2) is 48.7 Å². The van der Waals surface area contributed by atoms with Gasteiger partial charge in [-0.2, -0.15) is 0 Å². The zero-order valence-corrected chi connectivity index (χ0v) is 13.4. The van der Waals surface area contributed by atoms with Crippen molar-refractivity contribution in [2.24, 2.45) is 0 Å². The van der Waals surface area contributed by atoms with Crippen molar-refractivity contribution in [1.82, 2.24) is 10.3 Å². The van der Waals surface area contributed by atoms with Crippen molar-refractivity contribution in [3.8, 4) is 0 Å². The molecule has 1 N–H and O–H groups in total. The third kappa shape index (κ3) is 3.26. The van der Waals surface area contributed by atoms with Crippen molar-refractivity contribution in [3.05, 3.63) is 63.4 Å². The molecule has 1 aromatic carbocycles. The fourth-order valence-corrected chi connectivity index (χ4v) is 3.57. The molecule has 0 aliphatic carbocycles. The highest BCUT2D eigenvalue weighted by Crippen LogP contribution is 2.31. The summed E-state index contributed by atoms with van der Waals surface area (Å²) in [5, 5.41) is 4.76. The molecule has 2 aromatic heterocycles. The Hall–Kier alpha value is -1.42. The smallest absolute Gasteiger partial charge is 0.0931 e. The largest absolute Gasteiger partial charge is 0.306 e. The lowest BCUT2D eigenvalue weighted by Crippen LogP contribution is -2.22. The van der Waals surface area contributed by atoms with Crippen LogP contribution in [-0.4, -0.2) is 11.5 Å². The van der Waals surface area contributed by atoms with E-state index in [1.807, 2.05) is 30.5 Å². The lowest BCUT2D eigenvalue weighted by molar-refractivity contribution is 0.605. The van der Waals surface area contributed by atoms with Crippen LogP contribution in [0.1, 0.15) is 29.8 Å². The molecule has 108 valence electrons. The Bertz CT molecular complexity index is 738. The van der Waals surface area contributed by atoms with Crippen LogP contribution in [0.2, 0.25) is 4.34 Å². The lowest BCUT2D eigenvalue weighted by Gasteiger charge is -2.17. The second kappa shape index (κ2) is 6.56. The summed E-state index contributed by atoms with van der Waals surface area (Å²) in [5.74, 6) is 0. The Labute approximate surface area is 133 Å². The summed E-state index contributed by atoms with van der Waals surface area (Å²) >= 11 is 7.72. The standard InChI is InChI=1S/C17H17ClN2S/c1-2-9-19-17(15-7-8-16(18)21-15)13-10-12-5-3-4-6-14(12)20-11-13/h3-8,10-11,17,19H,2,9H2,1H3. The van der Waals surface area contributed by atoms with Crippen LogP contribution in [0.5, 0.6) is 0 Å². The minimum Gasteiger partial charge on any atom is -0.306 e. The number of para-hydroxylation sites is 1.